The maximum Gasteiger partial charge on any atom is 0.191 e. The van der Waals surface area contributed by atoms with Gasteiger partial charge < -0.3 is 10.6 Å². The van der Waals surface area contributed by atoms with E-state index in [0.717, 1.165) is 36.5 Å². The fourth-order valence-electron chi connectivity index (χ4n) is 4.11. The van der Waals surface area contributed by atoms with Crippen LogP contribution in [0.2, 0.25) is 0 Å². The van der Waals surface area contributed by atoms with Crippen LogP contribution in [0.3, 0.4) is 0 Å². The highest BCUT2D eigenvalue weighted by Crippen LogP contribution is 2.30. The Morgan fingerprint density at radius 2 is 2.12 bits per heavy atom. The first kappa shape index (κ1) is 19.8. The van der Waals surface area contributed by atoms with Gasteiger partial charge in [-0.15, -0.1) is 0 Å². The van der Waals surface area contributed by atoms with E-state index in [1.165, 1.54) is 43.4 Å². The minimum absolute atomic E-state index is 0.322. The lowest BCUT2D eigenvalue weighted by atomic mass is 9.81. The monoisotopic (exact) mass is 347 g/mol. The fraction of sp³-hybridized carbons (Fsp3) is 0.800. The molecule has 5 nitrogen and oxygen atoms in total. The molecule has 2 rings (SSSR count). The average molecular weight is 348 g/mol. The van der Waals surface area contributed by atoms with Crippen LogP contribution in [0, 0.1) is 25.7 Å². The first-order valence-corrected chi connectivity index (χ1v) is 9.87. The summed E-state index contributed by atoms with van der Waals surface area (Å²) in [4.78, 5) is 4.39. The molecule has 3 unspecified atom stereocenters. The van der Waals surface area contributed by atoms with E-state index in [9.17, 15) is 0 Å². The van der Waals surface area contributed by atoms with Gasteiger partial charge in [-0.25, -0.2) is 0 Å². The number of nitrogens with zero attached hydrogens (tertiary/aromatic N) is 3. The van der Waals surface area contributed by atoms with Crippen molar-refractivity contribution in [3.05, 3.63) is 17.0 Å². The van der Waals surface area contributed by atoms with Crippen molar-refractivity contribution in [1.29, 1.82) is 0 Å². The van der Waals surface area contributed by atoms with Crippen LogP contribution >= 0.6 is 0 Å². The summed E-state index contributed by atoms with van der Waals surface area (Å²) in [6, 6.07) is 0.322. The Hall–Kier alpha value is -1.52. The van der Waals surface area contributed by atoms with Gasteiger partial charge in [-0.05, 0) is 57.4 Å². The zero-order valence-corrected chi connectivity index (χ0v) is 17.0. The van der Waals surface area contributed by atoms with Crippen LogP contribution in [0.5, 0.6) is 0 Å². The molecule has 0 spiro atoms. The van der Waals surface area contributed by atoms with Crippen molar-refractivity contribution in [3.8, 4) is 0 Å². The molecule has 1 fully saturated rings. The molecule has 5 heteroatoms. The Balaban J connectivity index is 1.77. The van der Waals surface area contributed by atoms with Crippen LogP contribution in [0.4, 0.5) is 0 Å². The van der Waals surface area contributed by atoms with Crippen LogP contribution in [-0.4, -0.2) is 35.4 Å². The third-order valence-electron chi connectivity index (χ3n) is 5.67. The second-order valence-corrected chi connectivity index (χ2v) is 7.95. The molecular weight excluding hydrogens is 310 g/mol. The standard InChI is InChI=1S/C20H37N5/c1-14-8-7-9-18(12-14)10-11-22-20(21-5)23-15(2)13-19-16(3)24-25(6)17(19)4/h14-15,18H,7-13H2,1-6H3,(H2,21,22,23). The Morgan fingerprint density at radius 3 is 2.72 bits per heavy atom. The molecule has 0 amide bonds. The zero-order valence-electron chi connectivity index (χ0n) is 17.0. The summed E-state index contributed by atoms with van der Waals surface area (Å²) in [5.74, 6) is 2.70. The molecule has 142 valence electrons. The van der Waals surface area contributed by atoms with Gasteiger partial charge in [0.15, 0.2) is 5.96 Å². The van der Waals surface area contributed by atoms with E-state index in [1.54, 1.807) is 0 Å². The van der Waals surface area contributed by atoms with Crippen molar-refractivity contribution in [2.75, 3.05) is 13.6 Å². The lowest BCUT2D eigenvalue weighted by molar-refractivity contribution is 0.270. The molecule has 1 aromatic heterocycles. The number of guanidine groups is 1. The number of aryl methyl sites for hydroxylation is 2. The Kier molecular flexibility index (Phi) is 7.33. The largest absolute Gasteiger partial charge is 0.356 e. The lowest BCUT2D eigenvalue weighted by Gasteiger charge is -2.27. The van der Waals surface area contributed by atoms with Crippen molar-refractivity contribution in [1.82, 2.24) is 20.4 Å². The van der Waals surface area contributed by atoms with E-state index < -0.39 is 0 Å². The van der Waals surface area contributed by atoms with Gasteiger partial charge in [-0.2, -0.15) is 5.10 Å². The smallest absolute Gasteiger partial charge is 0.191 e. The molecule has 1 aromatic rings. The minimum Gasteiger partial charge on any atom is -0.356 e. The summed E-state index contributed by atoms with van der Waals surface area (Å²) < 4.78 is 1.97. The number of aliphatic imine (C=N–C) groups is 1. The number of hydrogen-bond acceptors (Lipinski definition) is 2. The van der Waals surface area contributed by atoms with E-state index in [4.69, 9.17) is 0 Å². The summed E-state index contributed by atoms with van der Waals surface area (Å²) >= 11 is 0. The lowest BCUT2D eigenvalue weighted by Crippen LogP contribution is -2.43. The first-order valence-electron chi connectivity index (χ1n) is 9.87. The molecule has 25 heavy (non-hydrogen) atoms. The molecule has 1 aliphatic carbocycles. The van der Waals surface area contributed by atoms with Gasteiger partial charge in [0.2, 0.25) is 0 Å². The average Bonchev–Trinajstić information content (AvgIpc) is 2.80. The molecule has 0 radical (unpaired) electrons. The highest BCUT2D eigenvalue weighted by molar-refractivity contribution is 5.79. The molecule has 1 saturated carbocycles. The second kappa shape index (κ2) is 9.25. The van der Waals surface area contributed by atoms with Crippen LogP contribution < -0.4 is 10.6 Å². The predicted octanol–water partition coefficient (Wildman–Crippen LogP) is 3.35. The second-order valence-electron chi connectivity index (χ2n) is 7.95. The Bertz CT molecular complexity index is 575. The molecule has 0 bridgehead atoms. The molecular formula is C20H37N5. The van der Waals surface area contributed by atoms with Gasteiger partial charge in [0.25, 0.3) is 0 Å². The maximum absolute atomic E-state index is 4.51. The summed E-state index contributed by atoms with van der Waals surface area (Å²) in [5, 5.41) is 11.5. The summed E-state index contributed by atoms with van der Waals surface area (Å²) in [6.45, 7) is 9.84. The number of hydrogen-bond donors (Lipinski definition) is 2. The Morgan fingerprint density at radius 1 is 1.36 bits per heavy atom. The van der Waals surface area contributed by atoms with Gasteiger partial charge in [0.05, 0.1) is 5.69 Å². The van der Waals surface area contributed by atoms with Crippen LogP contribution in [0.15, 0.2) is 4.99 Å². The number of aromatic nitrogens is 2. The minimum atomic E-state index is 0.322. The fourth-order valence-corrected chi connectivity index (χ4v) is 4.11. The summed E-state index contributed by atoms with van der Waals surface area (Å²) in [5.41, 5.74) is 3.72. The zero-order chi connectivity index (χ0) is 18.4. The highest BCUT2D eigenvalue weighted by Gasteiger charge is 2.19. The van der Waals surface area contributed by atoms with E-state index in [-0.39, 0.29) is 0 Å². The number of rotatable bonds is 6. The molecule has 0 aromatic carbocycles. The predicted molar refractivity (Wildman–Crippen MR) is 106 cm³/mol. The third-order valence-corrected chi connectivity index (χ3v) is 5.67. The van der Waals surface area contributed by atoms with Crippen LogP contribution in [0.1, 0.15) is 62.9 Å². The van der Waals surface area contributed by atoms with Crippen molar-refractivity contribution in [2.45, 2.75) is 72.3 Å². The molecule has 1 heterocycles. The van der Waals surface area contributed by atoms with Gasteiger partial charge in [-0.1, -0.05) is 26.2 Å². The van der Waals surface area contributed by atoms with E-state index in [2.05, 4.69) is 48.4 Å². The van der Waals surface area contributed by atoms with Crippen LogP contribution in [0.25, 0.3) is 0 Å². The summed E-state index contributed by atoms with van der Waals surface area (Å²) in [7, 11) is 3.86. The maximum atomic E-state index is 4.51. The van der Waals surface area contributed by atoms with Gasteiger partial charge in [0.1, 0.15) is 0 Å². The van der Waals surface area contributed by atoms with Crippen molar-refractivity contribution < 1.29 is 0 Å². The van der Waals surface area contributed by atoms with Crippen LogP contribution in [-0.2, 0) is 13.5 Å². The van der Waals surface area contributed by atoms with E-state index in [0.29, 0.717) is 6.04 Å². The Labute approximate surface area is 153 Å². The summed E-state index contributed by atoms with van der Waals surface area (Å²) in [6.07, 6.45) is 7.82. The van der Waals surface area contributed by atoms with Gasteiger partial charge in [-0.3, -0.25) is 9.67 Å². The van der Waals surface area contributed by atoms with Gasteiger partial charge >= 0.3 is 0 Å². The SMILES string of the molecule is CN=C(NCCC1CCCC(C)C1)NC(C)Cc1c(C)nn(C)c1C. The van der Waals surface area contributed by atoms with E-state index in [1.807, 2.05) is 18.8 Å². The normalized spacial score (nSPS) is 22.7. The topological polar surface area (TPSA) is 54.2 Å². The quantitative estimate of drug-likeness (QED) is 0.613. The van der Waals surface area contributed by atoms with E-state index >= 15 is 0 Å². The molecule has 0 saturated heterocycles. The molecule has 3 atom stereocenters. The van der Waals surface area contributed by atoms with Crippen molar-refractivity contribution in [3.63, 3.8) is 0 Å². The molecule has 2 N–H and O–H groups in total. The molecule has 0 aliphatic heterocycles. The first-order chi connectivity index (χ1) is 11.9. The van der Waals surface area contributed by atoms with Gasteiger partial charge in [0, 0.05) is 32.4 Å². The number of nitrogens with one attached hydrogen (secondary N) is 2. The van der Waals surface area contributed by atoms with Crippen molar-refractivity contribution in [2.24, 2.45) is 23.9 Å². The third kappa shape index (κ3) is 5.75. The molecule has 1 aliphatic rings. The van der Waals surface area contributed by atoms with Crippen molar-refractivity contribution >= 4 is 5.96 Å². The highest BCUT2D eigenvalue weighted by atomic mass is 15.3.